The van der Waals surface area contributed by atoms with E-state index in [1.165, 1.54) is 19.8 Å². The summed E-state index contributed by atoms with van der Waals surface area (Å²) in [7, 11) is 1.99. The number of likely N-dealkylation sites (N-methyl/N-ethyl adjacent to an activating group) is 1. The van der Waals surface area contributed by atoms with Crippen molar-refractivity contribution in [2.75, 3.05) is 32.0 Å². The van der Waals surface area contributed by atoms with Crippen molar-refractivity contribution < 1.29 is 9.59 Å². The highest BCUT2D eigenvalue weighted by atomic mass is 16.1. The van der Waals surface area contributed by atoms with Gasteiger partial charge < -0.3 is 15.5 Å². The molecule has 1 aromatic rings. The number of anilines is 1. The third-order valence-corrected chi connectivity index (χ3v) is 4.14. The molecule has 0 aromatic heterocycles. The van der Waals surface area contributed by atoms with Crippen LogP contribution in [0.25, 0.3) is 0 Å². The molecule has 0 bridgehead atoms. The summed E-state index contributed by atoms with van der Waals surface area (Å²) >= 11 is 0. The second-order valence-electron chi connectivity index (χ2n) is 5.86. The summed E-state index contributed by atoms with van der Waals surface area (Å²) < 4.78 is 0. The van der Waals surface area contributed by atoms with Crippen LogP contribution in [0.5, 0.6) is 0 Å². The molecule has 1 saturated heterocycles. The Labute approximate surface area is 132 Å². The Balaban J connectivity index is 1.76. The van der Waals surface area contributed by atoms with Crippen molar-refractivity contribution in [3.63, 3.8) is 0 Å². The Morgan fingerprint density at radius 1 is 1.27 bits per heavy atom. The number of likely N-dealkylation sites (tertiary alicyclic amines) is 1. The minimum Gasteiger partial charge on any atom is -0.326 e. The van der Waals surface area contributed by atoms with E-state index in [1.54, 1.807) is 24.3 Å². The van der Waals surface area contributed by atoms with Crippen molar-refractivity contribution in [3.05, 3.63) is 29.8 Å². The number of carbonyl (C=O) groups is 2. The lowest BCUT2D eigenvalue weighted by atomic mass is 10.1. The van der Waals surface area contributed by atoms with Crippen LogP contribution in [0.3, 0.4) is 0 Å². The zero-order valence-electron chi connectivity index (χ0n) is 13.4. The van der Waals surface area contributed by atoms with Crippen molar-refractivity contribution >= 4 is 17.4 Å². The maximum absolute atomic E-state index is 12.0. The molecule has 1 aromatic carbocycles. The molecular weight excluding hydrogens is 278 g/mol. The van der Waals surface area contributed by atoms with Crippen LogP contribution < -0.4 is 10.6 Å². The zero-order chi connectivity index (χ0) is 15.9. The molecule has 2 N–H and O–H groups in total. The fraction of sp³-hybridized carbons (Fsp3) is 0.529. The highest BCUT2D eigenvalue weighted by molar-refractivity contribution is 5.95. The fourth-order valence-electron chi connectivity index (χ4n) is 2.77. The number of rotatable bonds is 6. The number of Topliss-reactive ketones (excluding diaryl/α,β-unsaturated/α-hetero) is 1. The number of hydrogen-bond acceptors (Lipinski definition) is 4. The predicted molar refractivity (Wildman–Crippen MR) is 88.2 cm³/mol. The average molecular weight is 303 g/mol. The molecule has 5 nitrogen and oxygen atoms in total. The minimum absolute atomic E-state index is 0.0159. The minimum atomic E-state index is 0.0159. The number of hydrogen-bond donors (Lipinski definition) is 2. The van der Waals surface area contributed by atoms with Crippen LogP contribution in [0, 0.1) is 0 Å². The summed E-state index contributed by atoms with van der Waals surface area (Å²) in [6, 6.07) is 7.55. The number of nitrogens with zero attached hydrogens (tertiary/aromatic N) is 1. The lowest BCUT2D eigenvalue weighted by molar-refractivity contribution is -0.116. The van der Waals surface area contributed by atoms with Gasteiger partial charge in [-0.2, -0.15) is 0 Å². The third kappa shape index (κ3) is 4.93. The maximum Gasteiger partial charge on any atom is 0.225 e. The highest BCUT2D eigenvalue weighted by Crippen LogP contribution is 2.12. The largest absolute Gasteiger partial charge is 0.326 e. The number of benzene rings is 1. The van der Waals surface area contributed by atoms with Crippen LogP contribution in [0.2, 0.25) is 0 Å². The molecule has 5 heteroatoms. The average Bonchev–Trinajstić information content (AvgIpc) is 2.53. The van der Waals surface area contributed by atoms with Crippen LogP contribution in [0.15, 0.2) is 24.3 Å². The van der Waals surface area contributed by atoms with Gasteiger partial charge in [0.15, 0.2) is 5.78 Å². The van der Waals surface area contributed by atoms with Gasteiger partial charge in [0.1, 0.15) is 0 Å². The molecule has 1 unspecified atom stereocenters. The molecule has 0 aliphatic carbocycles. The van der Waals surface area contributed by atoms with Crippen LogP contribution in [0.4, 0.5) is 5.69 Å². The predicted octanol–water partition coefficient (Wildman–Crippen LogP) is 1.90. The Morgan fingerprint density at radius 3 is 2.64 bits per heavy atom. The van der Waals surface area contributed by atoms with Gasteiger partial charge in [0.05, 0.1) is 0 Å². The first-order chi connectivity index (χ1) is 10.6. The molecule has 1 atom stereocenters. The number of amides is 1. The number of carbonyl (C=O) groups excluding carboxylic acids is 2. The van der Waals surface area contributed by atoms with Crippen LogP contribution in [-0.4, -0.2) is 49.3 Å². The van der Waals surface area contributed by atoms with E-state index in [0.29, 0.717) is 18.0 Å². The maximum atomic E-state index is 12.0. The molecular formula is C17H25N3O2. The Bertz CT molecular complexity index is 513. The van der Waals surface area contributed by atoms with Gasteiger partial charge in [0, 0.05) is 36.8 Å². The Hall–Kier alpha value is -1.72. The Kier molecular flexibility index (Phi) is 6.10. The van der Waals surface area contributed by atoms with E-state index >= 15 is 0 Å². The highest BCUT2D eigenvalue weighted by Gasteiger charge is 2.18. The van der Waals surface area contributed by atoms with Gasteiger partial charge in [-0.1, -0.05) is 0 Å². The second-order valence-corrected chi connectivity index (χ2v) is 5.86. The van der Waals surface area contributed by atoms with Gasteiger partial charge in [0.25, 0.3) is 0 Å². The van der Waals surface area contributed by atoms with Crippen molar-refractivity contribution in [3.8, 4) is 0 Å². The molecule has 1 aliphatic rings. The van der Waals surface area contributed by atoms with E-state index in [4.69, 9.17) is 0 Å². The summed E-state index contributed by atoms with van der Waals surface area (Å²) in [5.41, 5.74) is 1.39. The molecule has 1 heterocycles. The van der Waals surface area contributed by atoms with E-state index in [0.717, 1.165) is 25.3 Å². The molecule has 1 amide bonds. The normalized spacial score (nSPS) is 18.9. The van der Waals surface area contributed by atoms with E-state index in [2.05, 4.69) is 15.5 Å². The van der Waals surface area contributed by atoms with Crippen LogP contribution in [-0.2, 0) is 4.79 Å². The van der Waals surface area contributed by atoms with E-state index in [-0.39, 0.29) is 11.7 Å². The number of nitrogens with one attached hydrogen (secondary N) is 2. The quantitative estimate of drug-likeness (QED) is 0.788. The third-order valence-electron chi connectivity index (χ3n) is 4.14. The molecule has 0 saturated carbocycles. The van der Waals surface area contributed by atoms with Gasteiger partial charge in [-0.25, -0.2) is 0 Å². The van der Waals surface area contributed by atoms with Gasteiger partial charge in [0.2, 0.25) is 5.91 Å². The smallest absolute Gasteiger partial charge is 0.225 e. The summed E-state index contributed by atoms with van der Waals surface area (Å²) in [6.07, 6.45) is 2.88. The summed E-state index contributed by atoms with van der Waals surface area (Å²) in [5.74, 6) is 0.0456. The summed E-state index contributed by atoms with van der Waals surface area (Å²) in [4.78, 5) is 25.6. The van der Waals surface area contributed by atoms with Gasteiger partial charge in [-0.3, -0.25) is 9.59 Å². The number of piperidine rings is 1. The van der Waals surface area contributed by atoms with Gasteiger partial charge >= 0.3 is 0 Å². The van der Waals surface area contributed by atoms with Crippen LogP contribution >= 0.6 is 0 Å². The van der Waals surface area contributed by atoms with Crippen molar-refractivity contribution in [1.82, 2.24) is 10.2 Å². The molecule has 0 radical (unpaired) electrons. The van der Waals surface area contributed by atoms with Gasteiger partial charge in [-0.15, -0.1) is 0 Å². The van der Waals surface area contributed by atoms with Crippen LogP contribution in [0.1, 0.15) is 36.5 Å². The summed E-state index contributed by atoms with van der Waals surface area (Å²) in [5, 5.41) is 6.19. The van der Waals surface area contributed by atoms with E-state index in [9.17, 15) is 9.59 Å². The van der Waals surface area contributed by atoms with Crippen molar-refractivity contribution in [1.29, 1.82) is 0 Å². The molecule has 120 valence electrons. The first-order valence-electron chi connectivity index (χ1n) is 7.89. The summed E-state index contributed by atoms with van der Waals surface area (Å²) in [6.45, 7) is 4.40. The second kappa shape index (κ2) is 8.06. The lowest BCUT2D eigenvalue weighted by Gasteiger charge is -2.32. The van der Waals surface area contributed by atoms with Gasteiger partial charge in [-0.05, 0) is 57.6 Å². The first-order valence-corrected chi connectivity index (χ1v) is 7.89. The van der Waals surface area contributed by atoms with E-state index < -0.39 is 0 Å². The molecule has 0 spiro atoms. The molecule has 22 heavy (non-hydrogen) atoms. The van der Waals surface area contributed by atoms with Crippen molar-refractivity contribution in [2.24, 2.45) is 0 Å². The topological polar surface area (TPSA) is 61.4 Å². The SMILES string of the molecule is CNC1CCCN(CCC(=O)Nc2ccc(C(C)=O)cc2)C1. The fourth-order valence-corrected chi connectivity index (χ4v) is 2.77. The molecule has 2 rings (SSSR count). The first kappa shape index (κ1) is 16.6. The number of ketones is 1. The Morgan fingerprint density at radius 2 is 2.00 bits per heavy atom. The molecule has 1 fully saturated rings. The zero-order valence-corrected chi connectivity index (χ0v) is 13.4. The molecule has 1 aliphatic heterocycles. The monoisotopic (exact) mass is 303 g/mol. The standard InChI is InChI=1S/C17H25N3O2/c1-13(21)14-5-7-15(8-6-14)19-17(22)9-11-20-10-3-4-16(12-20)18-2/h5-8,16,18H,3-4,9-12H2,1-2H3,(H,19,22). The van der Waals surface area contributed by atoms with Crippen molar-refractivity contribution in [2.45, 2.75) is 32.2 Å². The van der Waals surface area contributed by atoms with E-state index in [1.807, 2.05) is 7.05 Å². The lowest BCUT2D eigenvalue weighted by Crippen LogP contribution is -2.45.